The van der Waals surface area contributed by atoms with Crippen LogP contribution in [0.4, 0.5) is 4.79 Å². The quantitative estimate of drug-likeness (QED) is 0.878. The van der Waals surface area contributed by atoms with Crippen molar-refractivity contribution in [3.05, 3.63) is 35.9 Å². The lowest BCUT2D eigenvalue weighted by Gasteiger charge is -2.31. The minimum atomic E-state index is -0.640. The predicted molar refractivity (Wildman–Crippen MR) is 81.0 cm³/mol. The van der Waals surface area contributed by atoms with Crippen molar-refractivity contribution >= 4 is 12.0 Å². The van der Waals surface area contributed by atoms with Crippen molar-refractivity contribution in [3.8, 4) is 0 Å². The van der Waals surface area contributed by atoms with Crippen LogP contribution in [-0.4, -0.2) is 47.2 Å². The number of aliphatic hydroxyl groups is 1. The normalized spacial score (nSPS) is 16.9. The molecule has 1 unspecified atom stereocenters. The molecule has 0 spiro atoms. The summed E-state index contributed by atoms with van der Waals surface area (Å²) in [5, 5.41) is 12.0. The first-order valence-electron chi connectivity index (χ1n) is 7.50. The molecule has 120 valence electrons. The Labute approximate surface area is 130 Å². The Kier molecular flexibility index (Phi) is 5.77. The van der Waals surface area contributed by atoms with Crippen LogP contribution in [0.25, 0.3) is 0 Å². The van der Waals surface area contributed by atoms with Crippen LogP contribution in [0.5, 0.6) is 0 Å². The molecular formula is C16H22N2O4. The molecule has 1 atom stereocenters. The summed E-state index contributed by atoms with van der Waals surface area (Å²) < 4.78 is 5.09. The van der Waals surface area contributed by atoms with E-state index in [1.807, 2.05) is 30.3 Å². The van der Waals surface area contributed by atoms with E-state index >= 15 is 0 Å². The summed E-state index contributed by atoms with van der Waals surface area (Å²) in [6.07, 6.45) is 0.221. The van der Waals surface area contributed by atoms with Crippen LogP contribution in [0, 0.1) is 0 Å². The van der Waals surface area contributed by atoms with Gasteiger partial charge in [-0.2, -0.15) is 0 Å². The summed E-state index contributed by atoms with van der Waals surface area (Å²) in [6, 6.07) is 8.71. The lowest BCUT2D eigenvalue weighted by molar-refractivity contribution is -0.134. The number of nitrogens with one attached hydrogen (secondary N) is 1. The van der Waals surface area contributed by atoms with E-state index in [0.717, 1.165) is 5.56 Å². The van der Waals surface area contributed by atoms with Crippen molar-refractivity contribution in [2.75, 3.05) is 13.1 Å². The first-order valence-corrected chi connectivity index (χ1v) is 7.50. The summed E-state index contributed by atoms with van der Waals surface area (Å²) in [7, 11) is 0. The molecule has 2 N–H and O–H groups in total. The fourth-order valence-electron chi connectivity index (χ4n) is 2.36. The lowest BCUT2D eigenvalue weighted by atomic mass is 10.1. The molecule has 0 radical (unpaired) electrons. The highest BCUT2D eigenvalue weighted by Crippen LogP contribution is 2.11. The van der Waals surface area contributed by atoms with Crippen LogP contribution in [0.15, 0.2) is 30.3 Å². The molecule has 2 rings (SSSR count). The number of piperidine rings is 1. The van der Waals surface area contributed by atoms with Gasteiger partial charge in [0.05, 0.1) is 6.10 Å². The zero-order chi connectivity index (χ0) is 15.9. The number of alkyl carbamates (subject to hydrolysis) is 1. The summed E-state index contributed by atoms with van der Waals surface area (Å²) in [5.74, 6) is -0.149. The molecule has 0 bridgehead atoms. The number of hydrogen-bond acceptors (Lipinski definition) is 4. The van der Waals surface area contributed by atoms with E-state index in [1.54, 1.807) is 11.8 Å². The van der Waals surface area contributed by atoms with Gasteiger partial charge in [-0.1, -0.05) is 30.3 Å². The number of rotatable bonds is 4. The molecule has 1 saturated heterocycles. The van der Waals surface area contributed by atoms with Crippen LogP contribution >= 0.6 is 0 Å². The van der Waals surface area contributed by atoms with Gasteiger partial charge >= 0.3 is 6.09 Å². The van der Waals surface area contributed by atoms with Gasteiger partial charge in [-0.15, -0.1) is 0 Å². The zero-order valence-electron chi connectivity index (χ0n) is 12.7. The predicted octanol–water partition coefficient (Wildman–Crippen LogP) is 1.28. The zero-order valence-corrected chi connectivity index (χ0v) is 12.7. The third-order valence-electron chi connectivity index (χ3n) is 3.69. The third kappa shape index (κ3) is 4.73. The molecular weight excluding hydrogens is 284 g/mol. The largest absolute Gasteiger partial charge is 0.445 e. The molecule has 6 nitrogen and oxygen atoms in total. The molecule has 22 heavy (non-hydrogen) atoms. The van der Waals surface area contributed by atoms with E-state index in [2.05, 4.69) is 5.32 Å². The highest BCUT2D eigenvalue weighted by Gasteiger charge is 2.26. The van der Waals surface area contributed by atoms with Crippen molar-refractivity contribution in [1.82, 2.24) is 10.2 Å². The van der Waals surface area contributed by atoms with Gasteiger partial charge in [-0.05, 0) is 25.3 Å². The van der Waals surface area contributed by atoms with Gasteiger partial charge in [0, 0.05) is 13.1 Å². The van der Waals surface area contributed by atoms with Crippen molar-refractivity contribution in [3.63, 3.8) is 0 Å². The van der Waals surface area contributed by atoms with Gasteiger partial charge in [0.15, 0.2) is 0 Å². The lowest BCUT2D eigenvalue weighted by Crippen LogP contribution is -2.50. The highest BCUT2D eigenvalue weighted by atomic mass is 16.5. The molecule has 0 aliphatic carbocycles. The smallest absolute Gasteiger partial charge is 0.408 e. The van der Waals surface area contributed by atoms with Crippen LogP contribution < -0.4 is 5.32 Å². The molecule has 1 aromatic carbocycles. The fraction of sp³-hybridized carbons (Fsp3) is 0.500. The van der Waals surface area contributed by atoms with Crippen LogP contribution in [0.2, 0.25) is 0 Å². The Bertz CT molecular complexity index is 498. The molecule has 0 saturated carbocycles. The number of nitrogens with zero attached hydrogens (tertiary/aromatic N) is 1. The van der Waals surface area contributed by atoms with Crippen LogP contribution in [0.1, 0.15) is 25.3 Å². The minimum absolute atomic E-state index is 0.149. The maximum Gasteiger partial charge on any atom is 0.408 e. The Hall–Kier alpha value is -2.08. The second kappa shape index (κ2) is 7.79. The molecule has 1 aromatic rings. The Morgan fingerprint density at radius 1 is 1.32 bits per heavy atom. The van der Waals surface area contributed by atoms with E-state index in [4.69, 9.17) is 4.74 Å². The molecule has 2 amide bonds. The summed E-state index contributed by atoms with van der Waals surface area (Å²) >= 11 is 0. The first kappa shape index (κ1) is 16.3. The van der Waals surface area contributed by atoms with Gasteiger partial charge in [0.25, 0.3) is 0 Å². The van der Waals surface area contributed by atoms with E-state index in [-0.39, 0.29) is 18.6 Å². The Morgan fingerprint density at radius 2 is 1.95 bits per heavy atom. The van der Waals surface area contributed by atoms with Crippen molar-refractivity contribution < 1.29 is 19.4 Å². The topological polar surface area (TPSA) is 78.9 Å². The molecule has 1 aliphatic heterocycles. The van der Waals surface area contributed by atoms with Gasteiger partial charge < -0.3 is 20.1 Å². The van der Waals surface area contributed by atoms with E-state index in [1.165, 1.54) is 0 Å². The molecule has 1 aliphatic rings. The Balaban J connectivity index is 1.74. The monoisotopic (exact) mass is 306 g/mol. The number of amides is 2. The third-order valence-corrected chi connectivity index (χ3v) is 3.69. The first-order chi connectivity index (χ1) is 10.6. The summed E-state index contributed by atoms with van der Waals surface area (Å²) in [5.41, 5.74) is 0.890. The van der Waals surface area contributed by atoms with Crippen LogP contribution in [-0.2, 0) is 16.1 Å². The standard InChI is InChI=1S/C16H22N2O4/c1-12(15(20)18-9-7-14(19)8-10-18)17-16(21)22-11-13-5-3-2-4-6-13/h2-6,12,14,19H,7-11H2,1H3,(H,17,21). The number of aliphatic hydroxyl groups excluding tert-OH is 1. The average Bonchev–Trinajstić information content (AvgIpc) is 2.54. The Morgan fingerprint density at radius 3 is 2.59 bits per heavy atom. The highest BCUT2D eigenvalue weighted by molar-refractivity contribution is 5.85. The molecule has 1 heterocycles. The van der Waals surface area contributed by atoms with Gasteiger partial charge in [0.2, 0.25) is 5.91 Å². The van der Waals surface area contributed by atoms with Crippen LogP contribution in [0.3, 0.4) is 0 Å². The maximum atomic E-state index is 12.2. The van der Waals surface area contributed by atoms with Gasteiger partial charge in [-0.3, -0.25) is 4.79 Å². The van der Waals surface area contributed by atoms with Gasteiger partial charge in [0.1, 0.15) is 12.6 Å². The number of likely N-dealkylation sites (tertiary alicyclic amines) is 1. The maximum absolute atomic E-state index is 12.2. The second-order valence-electron chi connectivity index (χ2n) is 5.48. The molecule has 6 heteroatoms. The van der Waals surface area contributed by atoms with Crippen molar-refractivity contribution in [2.45, 2.75) is 38.5 Å². The summed E-state index contributed by atoms with van der Waals surface area (Å²) in [4.78, 5) is 25.6. The number of ether oxygens (including phenoxy) is 1. The van der Waals surface area contributed by atoms with Gasteiger partial charge in [-0.25, -0.2) is 4.79 Å². The van der Waals surface area contributed by atoms with Crippen molar-refractivity contribution in [2.24, 2.45) is 0 Å². The summed E-state index contributed by atoms with van der Waals surface area (Å²) in [6.45, 7) is 2.84. The van der Waals surface area contributed by atoms with E-state index in [0.29, 0.717) is 25.9 Å². The number of hydrogen-bond donors (Lipinski definition) is 2. The minimum Gasteiger partial charge on any atom is -0.445 e. The molecule has 1 fully saturated rings. The SMILES string of the molecule is CC(NC(=O)OCc1ccccc1)C(=O)N1CCC(O)CC1. The number of carbonyl (C=O) groups is 2. The molecule has 0 aromatic heterocycles. The van der Waals surface area contributed by atoms with E-state index in [9.17, 15) is 14.7 Å². The fourth-order valence-corrected chi connectivity index (χ4v) is 2.36. The number of carbonyl (C=O) groups excluding carboxylic acids is 2. The van der Waals surface area contributed by atoms with Crippen molar-refractivity contribution in [1.29, 1.82) is 0 Å². The average molecular weight is 306 g/mol. The van der Waals surface area contributed by atoms with E-state index < -0.39 is 12.1 Å². The number of benzene rings is 1. The second-order valence-corrected chi connectivity index (χ2v) is 5.48.